The van der Waals surface area contributed by atoms with Gasteiger partial charge in [0.1, 0.15) is 0 Å². The van der Waals surface area contributed by atoms with Crippen LogP contribution in [0.15, 0.2) is 24.4 Å². The van der Waals surface area contributed by atoms with Crippen LogP contribution in [0.1, 0.15) is 21.7 Å². The van der Waals surface area contributed by atoms with Crippen molar-refractivity contribution in [3.63, 3.8) is 0 Å². The topological polar surface area (TPSA) is 80.0 Å². The molecule has 0 aliphatic carbocycles. The van der Waals surface area contributed by atoms with Crippen LogP contribution in [0.25, 0.3) is 5.82 Å². The Morgan fingerprint density at radius 1 is 1.42 bits per heavy atom. The minimum absolute atomic E-state index is 0.0803. The molecule has 0 unspecified atom stereocenters. The molecule has 0 aromatic carbocycles. The Morgan fingerprint density at radius 2 is 2.21 bits per heavy atom. The lowest BCUT2D eigenvalue weighted by molar-refractivity contribution is 0.0944. The second-order valence-electron chi connectivity index (χ2n) is 4.22. The number of aryl methyl sites for hydroxylation is 2. The van der Waals surface area contributed by atoms with Gasteiger partial charge in [0.2, 0.25) is 0 Å². The molecule has 0 aliphatic rings. The maximum Gasteiger partial charge on any atom is 0.252 e. The highest BCUT2D eigenvalue weighted by atomic mass is 16.3. The zero-order chi connectivity index (χ0) is 13.8. The van der Waals surface area contributed by atoms with Crippen LogP contribution in [0.2, 0.25) is 0 Å². The first-order valence-corrected chi connectivity index (χ1v) is 6.00. The standard InChI is InChI=1S/C13H16N4O2/c1-9-7-10(2)17(16-9)12-4-3-11(8-15-12)13(19)14-5-6-18/h3-4,7-8,18H,5-6H2,1-2H3,(H,14,19). The molecule has 2 aromatic rings. The quantitative estimate of drug-likeness (QED) is 0.844. The highest BCUT2D eigenvalue weighted by Crippen LogP contribution is 2.10. The van der Waals surface area contributed by atoms with Gasteiger partial charge in [0.15, 0.2) is 5.82 Å². The fourth-order valence-corrected chi connectivity index (χ4v) is 1.78. The summed E-state index contributed by atoms with van der Waals surface area (Å²) in [5, 5.41) is 15.5. The van der Waals surface area contributed by atoms with Gasteiger partial charge in [-0.25, -0.2) is 9.67 Å². The van der Waals surface area contributed by atoms with E-state index < -0.39 is 0 Å². The van der Waals surface area contributed by atoms with Crippen molar-refractivity contribution in [2.45, 2.75) is 13.8 Å². The van der Waals surface area contributed by atoms with Crippen LogP contribution in [-0.2, 0) is 0 Å². The van der Waals surface area contributed by atoms with Gasteiger partial charge in [0.25, 0.3) is 5.91 Å². The molecule has 0 spiro atoms. The Kier molecular flexibility index (Phi) is 3.91. The van der Waals surface area contributed by atoms with Gasteiger partial charge in [-0.3, -0.25) is 4.79 Å². The SMILES string of the molecule is Cc1cc(C)n(-c2ccc(C(=O)NCCO)cn2)n1. The summed E-state index contributed by atoms with van der Waals surface area (Å²) in [5.41, 5.74) is 2.37. The van der Waals surface area contributed by atoms with E-state index in [9.17, 15) is 4.79 Å². The van der Waals surface area contributed by atoms with Crippen molar-refractivity contribution in [1.29, 1.82) is 0 Å². The number of hydrogen-bond acceptors (Lipinski definition) is 4. The van der Waals surface area contributed by atoms with E-state index >= 15 is 0 Å². The number of aliphatic hydroxyl groups excluding tert-OH is 1. The van der Waals surface area contributed by atoms with Gasteiger partial charge in [-0.1, -0.05) is 0 Å². The maximum absolute atomic E-state index is 11.6. The van der Waals surface area contributed by atoms with Gasteiger partial charge in [-0.15, -0.1) is 0 Å². The summed E-state index contributed by atoms with van der Waals surface area (Å²) in [7, 11) is 0. The van der Waals surface area contributed by atoms with Gasteiger partial charge in [0.05, 0.1) is 17.9 Å². The lowest BCUT2D eigenvalue weighted by Gasteiger charge is -2.05. The predicted molar refractivity (Wildman–Crippen MR) is 70.3 cm³/mol. The van der Waals surface area contributed by atoms with E-state index in [1.165, 1.54) is 6.20 Å². The number of nitrogens with one attached hydrogen (secondary N) is 1. The largest absolute Gasteiger partial charge is 0.395 e. The maximum atomic E-state index is 11.6. The van der Waals surface area contributed by atoms with Crippen LogP contribution in [0.5, 0.6) is 0 Å². The molecule has 6 nitrogen and oxygen atoms in total. The molecule has 19 heavy (non-hydrogen) atoms. The molecule has 2 aromatic heterocycles. The van der Waals surface area contributed by atoms with E-state index in [0.717, 1.165) is 11.4 Å². The highest BCUT2D eigenvalue weighted by molar-refractivity contribution is 5.93. The number of aliphatic hydroxyl groups is 1. The average Bonchev–Trinajstić information content (AvgIpc) is 2.75. The number of rotatable bonds is 4. The molecular weight excluding hydrogens is 244 g/mol. The average molecular weight is 260 g/mol. The third-order valence-electron chi connectivity index (χ3n) is 2.63. The van der Waals surface area contributed by atoms with Crippen LogP contribution in [0.3, 0.4) is 0 Å². The summed E-state index contributed by atoms with van der Waals surface area (Å²) < 4.78 is 1.73. The zero-order valence-corrected chi connectivity index (χ0v) is 10.9. The molecule has 2 N–H and O–H groups in total. The highest BCUT2D eigenvalue weighted by Gasteiger charge is 2.08. The van der Waals surface area contributed by atoms with Crippen LogP contribution in [0, 0.1) is 13.8 Å². The van der Waals surface area contributed by atoms with Gasteiger partial charge in [0, 0.05) is 18.4 Å². The zero-order valence-electron chi connectivity index (χ0n) is 10.9. The third-order valence-corrected chi connectivity index (χ3v) is 2.63. The third kappa shape index (κ3) is 2.97. The van der Waals surface area contributed by atoms with E-state index in [1.54, 1.807) is 16.8 Å². The van der Waals surface area contributed by atoms with Crippen LogP contribution >= 0.6 is 0 Å². The fourth-order valence-electron chi connectivity index (χ4n) is 1.78. The summed E-state index contributed by atoms with van der Waals surface area (Å²) in [4.78, 5) is 15.9. The fraction of sp³-hybridized carbons (Fsp3) is 0.308. The van der Waals surface area contributed by atoms with Crippen LogP contribution < -0.4 is 5.32 Å². The number of aromatic nitrogens is 3. The lowest BCUT2D eigenvalue weighted by atomic mass is 10.2. The molecular formula is C13H16N4O2. The van der Waals surface area contributed by atoms with Gasteiger partial charge >= 0.3 is 0 Å². The van der Waals surface area contributed by atoms with E-state index in [2.05, 4.69) is 15.4 Å². The van der Waals surface area contributed by atoms with E-state index in [1.807, 2.05) is 19.9 Å². The van der Waals surface area contributed by atoms with Crippen molar-refractivity contribution in [3.8, 4) is 5.82 Å². The Labute approximate surface area is 111 Å². The van der Waals surface area contributed by atoms with Crippen molar-refractivity contribution in [2.24, 2.45) is 0 Å². The molecule has 0 saturated heterocycles. The summed E-state index contributed by atoms with van der Waals surface area (Å²) in [6.45, 7) is 4.02. The normalized spacial score (nSPS) is 10.5. The van der Waals surface area contributed by atoms with Crippen molar-refractivity contribution in [3.05, 3.63) is 41.3 Å². The molecule has 0 bridgehead atoms. The summed E-state index contributed by atoms with van der Waals surface area (Å²) in [5.74, 6) is 0.422. The molecule has 6 heteroatoms. The minimum atomic E-state index is -0.249. The first-order chi connectivity index (χ1) is 9.11. The second-order valence-corrected chi connectivity index (χ2v) is 4.22. The summed E-state index contributed by atoms with van der Waals surface area (Å²) in [6, 6.07) is 5.39. The molecule has 2 heterocycles. The Balaban J connectivity index is 2.19. The molecule has 0 aliphatic heterocycles. The molecule has 1 amide bonds. The monoisotopic (exact) mass is 260 g/mol. The number of amides is 1. The van der Waals surface area contributed by atoms with Gasteiger partial charge < -0.3 is 10.4 Å². The number of carbonyl (C=O) groups is 1. The van der Waals surface area contributed by atoms with Gasteiger partial charge in [-0.05, 0) is 32.0 Å². The molecule has 0 radical (unpaired) electrons. The van der Waals surface area contributed by atoms with Crippen LogP contribution in [-0.4, -0.2) is 38.9 Å². The minimum Gasteiger partial charge on any atom is -0.395 e. The molecule has 2 rings (SSSR count). The van der Waals surface area contributed by atoms with Crippen LogP contribution in [0.4, 0.5) is 0 Å². The van der Waals surface area contributed by atoms with E-state index in [-0.39, 0.29) is 19.1 Å². The first-order valence-electron chi connectivity index (χ1n) is 6.00. The van der Waals surface area contributed by atoms with E-state index in [4.69, 9.17) is 5.11 Å². The van der Waals surface area contributed by atoms with E-state index in [0.29, 0.717) is 11.4 Å². The van der Waals surface area contributed by atoms with Crippen molar-refractivity contribution in [2.75, 3.05) is 13.2 Å². The molecule has 0 atom stereocenters. The smallest absolute Gasteiger partial charge is 0.252 e. The Bertz CT molecular complexity index is 575. The lowest BCUT2D eigenvalue weighted by Crippen LogP contribution is -2.26. The predicted octanol–water partition coefficient (Wildman–Crippen LogP) is 0.606. The number of pyridine rings is 1. The number of carbonyl (C=O) groups excluding carboxylic acids is 1. The molecule has 100 valence electrons. The van der Waals surface area contributed by atoms with Crippen molar-refractivity contribution >= 4 is 5.91 Å². The molecule has 0 fully saturated rings. The molecule has 0 saturated carbocycles. The Hall–Kier alpha value is -2.21. The number of hydrogen-bond donors (Lipinski definition) is 2. The summed E-state index contributed by atoms with van der Waals surface area (Å²) in [6.07, 6.45) is 1.50. The number of nitrogens with zero attached hydrogens (tertiary/aromatic N) is 3. The van der Waals surface area contributed by atoms with Gasteiger partial charge in [-0.2, -0.15) is 5.10 Å². The van der Waals surface area contributed by atoms with Crippen molar-refractivity contribution in [1.82, 2.24) is 20.1 Å². The summed E-state index contributed by atoms with van der Waals surface area (Å²) >= 11 is 0. The first kappa shape index (κ1) is 13.2. The Morgan fingerprint density at radius 3 is 2.74 bits per heavy atom. The van der Waals surface area contributed by atoms with Crippen molar-refractivity contribution < 1.29 is 9.90 Å². The second kappa shape index (κ2) is 5.62.